The van der Waals surface area contributed by atoms with E-state index in [1.807, 2.05) is 19.1 Å². The predicted octanol–water partition coefficient (Wildman–Crippen LogP) is 4.19. The van der Waals surface area contributed by atoms with E-state index in [1.165, 1.54) is 11.8 Å². The van der Waals surface area contributed by atoms with Crippen molar-refractivity contribution in [1.29, 1.82) is 0 Å². The number of fused-ring (bicyclic) bond motifs is 1. The van der Waals surface area contributed by atoms with Crippen molar-refractivity contribution in [2.24, 2.45) is 4.99 Å². The van der Waals surface area contributed by atoms with Crippen molar-refractivity contribution in [3.8, 4) is 0 Å². The fraction of sp³-hybridized carbons (Fsp3) is 0.263. The van der Waals surface area contributed by atoms with Gasteiger partial charge in [0, 0.05) is 11.8 Å². The second kappa shape index (κ2) is 8.21. The van der Waals surface area contributed by atoms with Crippen LogP contribution in [0.25, 0.3) is 10.9 Å². The zero-order valence-corrected chi connectivity index (χ0v) is 18.0. The highest BCUT2D eigenvalue weighted by atomic mass is 32.2. The van der Waals surface area contributed by atoms with E-state index in [1.54, 1.807) is 29.6 Å². The molecule has 0 saturated carbocycles. The minimum absolute atomic E-state index is 0.219. The number of H-pyrrole nitrogens is 1. The summed E-state index contributed by atoms with van der Waals surface area (Å²) < 4.78 is 33.5. The molecule has 0 amide bonds. The minimum atomic E-state index is -3.64. The molecule has 0 bridgehead atoms. The highest BCUT2D eigenvalue weighted by Gasteiger charge is 2.25. The van der Waals surface area contributed by atoms with Crippen LogP contribution in [0.2, 0.25) is 0 Å². The lowest BCUT2D eigenvalue weighted by Crippen LogP contribution is -2.15. The molecule has 3 aromatic rings. The summed E-state index contributed by atoms with van der Waals surface area (Å²) in [6.45, 7) is 2.34. The number of carbonyl (C=O) groups is 1. The average Bonchev–Trinajstić information content (AvgIpc) is 3.42. The molecule has 0 aliphatic carbocycles. The first-order valence-corrected chi connectivity index (χ1v) is 12.3. The standard InChI is InChI=1S/C19H19N3O4S3/c1-2-5-15(23)26-16-11-20-19(28-16)14-10-12-6-3-7-13(18(12)21-14)22-29(24,25)17-8-4-9-27-17/h3-4,6-10,16,21-22H,2,5,11H2,1H3. The van der Waals surface area contributed by atoms with E-state index in [9.17, 15) is 13.2 Å². The predicted molar refractivity (Wildman–Crippen MR) is 117 cm³/mol. The first-order valence-electron chi connectivity index (χ1n) is 9.05. The van der Waals surface area contributed by atoms with E-state index in [4.69, 9.17) is 4.74 Å². The number of hydrogen-bond donors (Lipinski definition) is 2. The van der Waals surface area contributed by atoms with Gasteiger partial charge in [-0.05, 0) is 30.0 Å². The number of aromatic nitrogens is 1. The quantitative estimate of drug-likeness (QED) is 0.527. The van der Waals surface area contributed by atoms with Crippen molar-refractivity contribution in [3.63, 3.8) is 0 Å². The molecule has 152 valence electrons. The fourth-order valence-electron chi connectivity index (χ4n) is 2.94. The Morgan fingerprint density at radius 1 is 1.34 bits per heavy atom. The van der Waals surface area contributed by atoms with Crippen LogP contribution in [-0.2, 0) is 19.6 Å². The maximum atomic E-state index is 12.6. The molecule has 0 fully saturated rings. The summed E-state index contributed by atoms with van der Waals surface area (Å²) in [7, 11) is -3.64. The number of rotatable bonds is 7. The second-order valence-corrected chi connectivity index (χ2v) is 10.4. The normalized spacial score (nSPS) is 16.7. The van der Waals surface area contributed by atoms with Crippen LogP contribution >= 0.6 is 23.1 Å². The van der Waals surface area contributed by atoms with Crippen LogP contribution in [-0.4, -0.2) is 36.4 Å². The lowest BCUT2D eigenvalue weighted by molar-refractivity contribution is -0.144. The van der Waals surface area contributed by atoms with Crippen molar-refractivity contribution in [1.82, 2.24) is 4.98 Å². The number of aliphatic imine (C=N–C) groups is 1. The van der Waals surface area contributed by atoms with Crippen molar-refractivity contribution < 1.29 is 17.9 Å². The van der Waals surface area contributed by atoms with Crippen LogP contribution in [0, 0.1) is 0 Å². The summed E-state index contributed by atoms with van der Waals surface area (Å²) in [4.78, 5) is 19.4. The van der Waals surface area contributed by atoms with Gasteiger partial charge in [0.15, 0.2) is 5.44 Å². The number of thioether (sulfide) groups is 1. The summed E-state index contributed by atoms with van der Waals surface area (Å²) in [5.74, 6) is -0.219. The van der Waals surface area contributed by atoms with E-state index in [2.05, 4.69) is 14.7 Å². The third-order valence-electron chi connectivity index (χ3n) is 4.23. The number of thiophene rings is 1. The summed E-state index contributed by atoms with van der Waals surface area (Å²) >= 11 is 2.55. The molecule has 1 aliphatic heterocycles. The third kappa shape index (κ3) is 4.34. The molecule has 10 heteroatoms. The molecule has 4 rings (SSSR count). The number of hydrogen-bond acceptors (Lipinski definition) is 7. The Labute approximate surface area is 176 Å². The molecular formula is C19H19N3O4S3. The number of aromatic amines is 1. The third-order valence-corrected chi connectivity index (χ3v) is 8.08. The number of nitrogens with zero attached hydrogens (tertiary/aromatic N) is 1. The molecule has 7 nitrogen and oxygen atoms in total. The smallest absolute Gasteiger partial charge is 0.306 e. The topological polar surface area (TPSA) is 101 Å². The van der Waals surface area contributed by atoms with Crippen LogP contribution in [0.15, 0.2) is 51.0 Å². The van der Waals surface area contributed by atoms with Gasteiger partial charge in [-0.3, -0.25) is 14.5 Å². The van der Waals surface area contributed by atoms with Crippen LogP contribution in [0.1, 0.15) is 25.5 Å². The summed E-state index contributed by atoms with van der Waals surface area (Å²) in [5.41, 5.74) is 1.59. The lowest BCUT2D eigenvalue weighted by Gasteiger charge is -2.09. The van der Waals surface area contributed by atoms with E-state index in [-0.39, 0.29) is 15.6 Å². The molecule has 1 aromatic carbocycles. The monoisotopic (exact) mass is 449 g/mol. The molecule has 3 heterocycles. The molecule has 2 N–H and O–H groups in total. The Balaban J connectivity index is 1.55. The van der Waals surface area contributed by atoms with Gasteiger partial charge in [0.05, 0.1) is 23.4 Å². The lowest BCUT2D eigenvalue weighted by atomic mass is 10.2. The number of nitrogens with one attached hydrogen (secondary N) is 2. The number of benzene rings is 1. The molecule has 1 atom stereocenters. The van der Waals surface area contributed by atoms with Crippen molar-refractivity contribution in [2.45, 2.75) is 29.4 Å². The Morgan fingerprint density at radius 2 is 2.21 bits per heavy atom. The van der Waals surface area contributed by atoms with Crippen LogP contribution in [0.5, 0.6) is 0 Å². The maximum absolute atomic E-state index is 12.6. The molecule has 1 unspecified atom stereocenters. The molecule has 1 aliphatic rings. The number of anilines is 1. The van der Waals surface area contributed by atoms with E-state index in [0.29, 0.717) is 24.2 Å². The molecular weight excluding hydrogens is 430 g/mol. The minimum Gasteiger partial charge on any atom is -0.449 e. The van der Waals surface area contributed by atoms with Crippen LogP contribution in [0.3, 0.4) is 0 Å². The Bertz CT molecular complexity index is 1170. The van der Waals surface area contributed by atoms with Gasteiger partial charge in [0.2, 0.25) is 0 Å². The number of ether oxygens (including phenoxy) is 1. The number of para-hydroxylation sites is 1. The van der Waals surface area contributed by atoms with Gasteiger partial charge in [-0.25, -0.2) is 8.42 Å². The second-order valence-electron chi connectivity index (χ2n) is 6.42. The van der Waals surface area contributed by atoms with Gasteiger partial charge in [-0.15, -0.1) is 11.3 Å². The van der Waals surface area contributed by atoms with E-state index < -0.39 is 10.0 Å². The van der Waals surface area contributed by atoms with Gasteiger partial charge in [-0.1, -0.05) is 36.9 Å². The number of sulfonamides is 1. The summed E-state index contributed by atoms with van der Waals surface area (Å²) in [6.07, 6.45) is 1.14. The fourth-order valence-corrected chi connectivity index (χ4v) is 5.95. The molecule has 0 spiro atoms. The summed E-state index contributed by atoms with van der Waals surface area (Å²) in [5, 5.41) is 3.32. The Hall–Kier alpha value is -2.30. The van der Waals surface area contributed by atoms with Gasteiger partial charge in [0.25, 0.3) is 10.0 Å². The number of carbonyl (C=O) groups excluding carboxylic acids is 1. The van der Waals surface area contributed by atoms with E-state index in [0.717, 1.165) is 33.9 Å². The maximum Gasteiger partial charge on any atom is 0.306 e. The van der Waals surface area contributed by atoms with Crippen molar-refractivity contribution in [3.05, 3.63) is 47.5 Å². The largest absolute Gasteiger partial charge is 0.449 e. The number of esters is 1. The van der Waals surface area contributed by atoms with Gasteiger partial charge in [-0.2, -0.15) is 0 Å². The van der Waals surface area contributed by atoms with Gasteiger partial charge in [0.1, 0.15) is 9.25 Å². The average molecular weight is 450 g/mol. The highest BCUT2D eigenvalue weighted by Crippen LogP contribution is 2.31. The first-order chi connectivity index (χ1) is 14.0. The van der Waals surface area contributed by atoms with Gasteiger partial charge < -0.3 is 9.72 Å². The highest BCUT2D eigenvalue weighted by molar-refractivity contribution is 8.15. The molecule has 0 saturated heterocycles. The van der Waals surface area contributed by atoms with E-state index >= 15 is 0 Å². The molecule has 2 aromatic heterocycles. The van der Waals surface area contributed by atoms with Crippen molar-refractivity contribution >= 4 is 60.7 Å². The Morgan fingerprint density at radius 3 is 2.97 bits per heavy atom. The van der Waals surface area contributed by atoms with Gasteiger partial charge >= 0.3 is 5.97 Å². The zero-order valence-electron chi connectivity index (χ0n) is 15.5. The molecule has 29 heavy (non-hydrogen) atoms. The van der Waals surface area contributed by atoms with Crippen LogP contribution in [0.4, 0.5) is 5.69 Å². The summed E-state index contributed by atoms with van der Waals surface area (Å²) in [6, 6.07) is 10.6. The zero-order chi connectivity index (χ0) is 20.4. The Kier molecular flexibility index (Phi) is 5.66. The molecule has 0 radical (unpaired) electrons. The van der Waals surface area contributed by atoms with Crippen LogP contribution < -0.4 is 4.72 Å². The first kappa shape index (κ1) is 20.0. The SMILES string of the molecule is CCCC(=O)OC1CN=C(c2cc3cccc(NS(=O)(=O)c4cccs4)c3[nH]2)S1. The van der Waals surface area contributed by atoms with Crippen molar-refractivity contribution in [2.75, 3.05) is 11.3 Å².